The Morgan fingerprint density at radius 3 is 2.93 bits per heavy atom. The number of amides is 1. The van der Waals surface area contributed by atoms with Gasteiger partial charge in [0.05, 0.1) is 30.8 Å². The zero-order chi connectivity index (χ0) is 19.5. The van der Waals surface area contributed by atoms with Gasteiger partial charge in [-0.15, -0.1) is 5.10 Å². The summed E-state index contributed by atoms with van der Waals surface area (Å²) in [5, 5.41) is 10.2. The smallest absolute Gasteiger partial charge is 0.263 e. The summed E-state index contributed by atoms with van der Waals surface area (Å²) in [6, 6.07) is 1.88. The number of hydrogen-bond donors (Lipinski definition) is 3. The van der Waals surface area contributed by atoms with Crippen molar-refractivity contribution < 1.29 is 9.53 Å². The van der Waals surface area contributed by atoms with E-state index in [0.29, 0.717) is 31.1 Å². The third-order valence-corrected chi connectivity index (χ3v) is 4.56. The first-order chi connectivity index (χ1) is 13.7. The minimum absolute atomic E-state index is 0.128. The fourth-order valence-electron chi connectivity index (χ4n) is 3.25. The Kier molecular flexibility index (Phi) is 5.04. The van der Waals surface area contributed by atoms with Gasteiger partial charge in [-0.3, -0.25) is 9.78 Å². The number of pyridine rings is 1. The third kappa shape index (κ3) is 3.47. The zero-order valence-corrected chi connectivity index (χ0v) is 15.6. The van der Waals surface area contributed by atoms with E-state index in [-0.39, 0.29) is 17.3 Å². The largest absolute Gasteiger partial charge is 0.381 e. The normalized spacial score (nSPS) is 14.4. The van der Waals surface area contributed by atoms with Crippen molar-refractivity contribution in [2.75, 3.05) is 49.3 Å². The molecule has 146 valence electrons. The fraction of sp³-hybridized carbons (Fsp3) is 0.333. The van der Waals surface area contributed by atoms with Gasteiger partial charge in [0.1, 0.15) is 5.56 Å². The molecule has 0 atom stereocenters. The van der Waals surface area contributed by atoms with Crippen molar-refractivity contribution in [3.05, 3.63) is 42.0 Å². The minimum atomic E-state index is -0.371. The summed E-state index contributed by atoms with van der Waals surface area (Å²) < 4.78 is 6.94. The molecule has 28 heavy (non-hydrogen) atoms. The van der Waals surface area contributed by atoms with E-state index in [1.807, 2.05) is 13.1 Å². The van der Waals surface area contributed by atoms with E-state index < -0.39 is 0 Å². The van der Waals surface area contributed by atoms with Gasteiger partial charge in [0, 0.05) is 43.8 Å². The van der Waals surface area contributed by atoms with Crippen molar-refractivity contribution in [3.8, 4) is 0 Å². The molecule has 0 spiro atoms. The van der Waals surface area contributed by atoms with Crippen LogP contribution in [0, 0.1) is 0 Å². The molecule has 0 radical (unpaired) electrons. The second-order valence-electron chi connectivity index (χ2n) is 6.47. The van der Waals surface area contributed by atoms with Gasteiger partial charge in [-0.1, -0.05) is 0 Å². The Balaban J connectivity index is 1.63. The zero-order valence-electron chi connectivity index (χ0n) is 15.6. The second kappa shape index (κ2) is 7.79. The van der Waals surface area contributed by atoms with E-state index in [1.165, 1.54) is 4.52 Å². The average Bonchev–Trinajstić information content (AvgIpc) is 3.04. The van der Waals surface area contributed by atoms with Crippen molar-refractivity contribution in [2.45, 2.75) is 6.54 Å². The standard InChI is InChI=1S/C18H22N8O2/c1-20-8-12-9-22-17-15(16(19)24-26(17)11-12)18(27)23-13-10-21-3-2-14(13)25-4-6-28-7-5-25/h2-3,9-11,20H,4-8H2,1H3,(H2,19,24)(H,23,27). The number of morpholine rings is 1. The fourth-order valence-corrected chi connectivity index (χ4v) is 3.25. The molecular formula is C18H22N8O2. The first-order valence-electron chi connectivity index (χ1n) is 9.02. The van der Waals surface area contributed by atoms with Gasteiger partial charge >= 0.3 is 0 Å². The van der Waals surface area contributed by atoms with Crippen LogP contribution in [0.25, 0.3) is 5.65 Å². The average molecular weight is 382 g/mol. The van der Waals surface area contributed by atoms with E-state index in [1.54, 1.807) is 24.8 Å². The number of ether oxygens (including phenoxy) is 1. The van der Waals surface area contributed by atoms with E-state index in [0.717, 1.165) is 24.3 Å². The van der Waals surface area contributed by atoms with Crippen molar-refractivity contribution in [3.63, 3.8) is 0 Å². The SMILES string of the molecule is CNCc1cnc2c(C(=O)Nc3cnccc3N3CCOCC3)c(N)nn2c1. The summed E-state index contributed by atoms with van der Waals surface area (Å²) >= 11 is 0. The Morgan fingerprint density at radius 1 is 1.32 bits per heavy atom. The molecule has 3 aromatic heterocycles. The Bertz CT molecular complexity index is 996. The summed E-state index contributed by atoms with van der Waals surface area (Å²) in [6.45, 7) is 3.44. The number of anilines is 3. The molecule has 0 unspecified atom stereocenters. The number of hydrogen-bond acceptors (Lipinski definition) is 8. The number of aromatic nitrogens is 4. The van der Waals surface area contributed by atoms with Crippen molar-refractivity contribution in [1.82, 2.24) is 24.9 Å². The van der Waals surface area contributed by atoms with E-state index in [4.69, 9.17) is 10.5 Å². The van der Waals surface area contributed by atoms with Gasteiger partial charge in [0.25, 0.3) is 5.91 Å². The third-order valence-electron chi connectivity index (χ3n) is 4.56. The molecule has 10 nitrogen and oxygen atoms in total. The summed E-state index contributed by atoms with van der Waals surface area (Å²) in [7, 11) is 1.85. The van der Waals surface area contributed by atoms with Gasteiger partial charge in [-0.05, 0) is 13.1 Å². The Labute approximate surface area is 161 Å². The van der Waals surface area contributed by atoms with Crippen LogP contribution in [0.4, 0.5) is 17.2 Å². The number of nitrogens with zero attached hydrogens (tertiary/aromatic N) is 5. The van der Waals surface area contributed by atoms with Crippen LogP contribution in [0.3, 0.4) is 0 Å². The molecule has 1 fully saturated rings. The van der Waals surface area contributed by atoms with Crippen molar-refractivity contribution in [2.24, 2.45) is 0 Å². The predicted molar refractivity (Wildman–Crippen MR) is 105 cm³/mol. The topological polar surface area (TPSA) is 123 Å². The van der Waals surface area contributed by atoms with Crippen molar-refractivity contribution in [1.29, 1.82) is 0 Å². The predicted octanol–water partition coefficient (Wildman–Crippen LogP) is 0.515. The number of nitrogens with one attached hydrogen (secondary N) is 2. The molecule has 3 aromatic rings. The van der Waals surface area contributed by atoms with Crippen molar-refractivity contribution >= 4 is 28.7 Å². The van der Waals surface area contributed by atoms with Crippen LogP contribution in [0.2, 0.25) is 0 Å². The highest BCUT2D eigenvalue weighted by atomic mass is 16.5. The van der Waals surface area contributed by atoms with Crippen LogP contribution in [-0.2, 0) is 11.3 Å². The molecule has 0 bridgehead atoms. The minimum Gasteiger partial charge on any atom is -0.381 e. The molecule has 1 aliphatic heterocycles. The molecule has 4 N–H and O–H groups in total. The number of carbonyl (C=O) groups is 1. The summed E-state index contributed by atoms with van der Waals surface area (Å²) in [5.41, 5.74) is 9.12. The summed E-state index contributed by atoms with van der Waals surface area (Å²) in [6.07, 6.45) is 6.83. The molecule has 0 aromatic carbocycles. The van der Waals surface area contributed by atoms with Crippen LogP contribution in [-0.4, -0.2) is 58.8 Å². The van der Waals surface area contributed by atoms with Gasteiger partial charge in [-0.25, -0.2) is 9.50 Å². The molecule has 4 heterocycles. The first-order valence-corrected chi connectivity index (χ1v) is 9.02. The van der Waals surface area contributed by atoms with Gasteiger partial charge in [0.15, 0.2) is 11.5 Å². The molecule has 1 aliphatic rings. The molecule has 10 heteroatoms. The number of nitrogen functional groups attached to an aromatic ring is 1. The van der Waals surface area contributed by atoms with E-state index >= 15 is 0 Å². The highest BCUT2D eigenvalue weighted by Crippen LogP contribution is 2.27. The van der Waals surface area contributed by atoms with E-state index in [2.05, 4.69) is 30.6 Å². The number of rotatable bonds is 5. The number of carbonyl (C=O) groups excluding carboxylic acids is 1. The maximum Gasteiger partial charge on any atom is 0.263 e. The summed E-state index contributed by atoms with van der Waals surface area (Å²) in [4.78, 5) is 23.7. The second-order valence-corrected chi connectivity index (χ2v) is 6.47. The van der Waals surface area contributed by atoms with Crippen LogP contribution in [0.15, 0.2) is 30.9 Å². The Hall–Kier alpha value is -3.24. The molecule has 1 amide bonds. The number of nitrogens with two attached hydrogens (primary N) is 1. The highest BCUT2D eigenvalue weighted by Gasteiger charge is 2.22. The highest BCUT2D eigenvalue weighted by molar-refractivity contribution is 6.12. The maximum atomic E-state index is 13.0. The van der Waals surface area contributed by atoms with Crippen LogP contribution < -0.4 is 21.3 Å². The van der Waals surface area contributed by atoms with E-state index in [9.17, 15) is 4.79 Å². The van der Waals surface area contributed by atoms with Crippen LogP contribution in [0.5, 0.6) is 0 Å². The molecule has 4 rings (SSSR count). The van der Waals surface area contributed by atoms with Crippen LogP contribution >= 0.6 is 0 Å². The van der Waals surface area contributed by atoms with Gasteiger partial charge in [0.2, 0.25) is 0 Å². The van der Waals surface area contributed by atoms with Crippen LogP contribution in [0.1, 0.15) is 15.9 Å². The number of fused-ring (bicyclic) bond motifs is 1. The lowest BCUT2D eigenvalue weighted by molar-refractivity contribution is 0.102. The molecule has 0 saturated carbocycles. The molecule has 1 saturated heterocycles. The quantitative estimate of drug-likeness (QED) is 0.583. The van der Waals surface area contributed by atoms with Gasteiger partial charge < -0.3 is 26.0 Å². The Morgan fingerprint density at radius 2 is 2.14 bits per heavy atom. The molecule has 0 aliphatic carbocycles. The lowest BCUT2D eigenvalue weighted by atomic mass is 10.2. The lowest BCUT2D eigenvalue weighted by Crippen LogP contribution is -2.36. The maximum absolute atomic E-state index is 13.0. The lowest BCUT2D eigenvalue weighted by Gasteiger charge is -2.30. The summed E-state index contributed by atoms with van der Waals surface area (Å²) in [5.74, 6) is -0.243. The first kappa shape index (κ1) is 18.1. The van der Waals surface area contributed by atoms with Gasteiger partial charge in [-0.2, -0.15) is 0 Å². The molecular weight excluding hydrogens is 360 g/mol. The monoisotopic (exact) mass is 382 g/mol.